The van der Waals surface area contributed by atoms with Crippen LogP contribution in [0.4, 0.5) is 0 Å². The number of aliphatic hydroxyl groups excluding tert-OH is 1. The van der Waals surface area contributed by atoms with Crippen LogP contribution in [0.2, 0.25) is 0 Å². The van der Waals surface area contributed by atoms with E-state index in [1.54, 1.807) is 7.11 Å². The molecule has 1 heterocycles. The first-order chi connectivity index (χ1) is 15.8. The minimum absolute atomic E-state index is 0.00664. The van der Waals surface area contributed by atoms with Crippen molar-refractivity contribution >= 4 is 11.8 Å². The number of rotatable bonds is 9. The van der Waals surface area contributed by atoms with Crippen molar-refractivity contribution in [2.45, 2.75) is 65.0 Å². The van der Waals surface area contributed by atoms with E-state index < -0.39 is 6.10 Å². The maximum atomic E-state index is 12.9. The Balaban J connectivity index is 1.56. The van der Waals surface area contributed by atoms with Crippen molar-refractivity contribution in [2.24, 2.45) is 29.1 Å². The summed E-state index contributed by atoms with van der Waals surface area (Å²) in [6.45, 7) is 11.6. The van der Waals surface area contributed by atoms with Crippen molar-refractivity contribution in [2.75, 3.05) is 53.1 Å². The molecule has 1 aliphatic heterocycles. The Bertz CT molecular complexity index is 656. The molecule has 8 nitrogen and oxygen atoms in total. The lowest BCUT2D eigenvalue weighted by molar-refractivity contribution is -0.144. The van der Waals surface area contributed by atoms with Crippen LogP contribution in [0.5, 0.6) is 0 Å². The predicted octanol–water partition coefficient (Wildman–Crippen LogP) is 1.42. The maximum absolute atomic E-state index is 12.9. The molecule has 0 aromatic heterocycles. The van der Waals surface area contributed by atoms with E-state index in [2.05, 4.69) is 29.4 Å². The number of carbonyl (C=O) groups excluding carboxylic acids is 2. The molecule has 2 saturated carbocycles. The van der Waals surface area contributed by atoms with Crippen LogP contribution in [-0.2, 0) is 19.1 Å². The molecule has 3 aliphatic rings. The van der Waals surface area contributed by atoms with Gasteiger partial charge >= 0.3 is 0 Å². The van der Waals surface area contributed by atoms with Gasteiger partial charge in [-0.2, -0.15) is 0 Å². The molecular weight excluding hydrogens is 422 g/mol. The van der Waals surface area contributed by atoms with Gasteiger partial charge in [-0.1, -0.05) is 20.8 Å². The van der Waals surface area contributed by atoms with Gasteiger partial charge in [0.2, 0.25) is 11.8 Å². The van der Waals surface area contributed by atoms with E-state index in [1.807, 2.05) is 6.92 Å². The number of hydrogen-bond donors (Lipinski definition) is 3. The van der Waals surface area contributed by atoms with Gasteiger partial charge < -0.3 is 25.2 Å². The Morgan fingerprint density at radius 1 is 1.24 bits per heavy atom. The summed E-state index contributed by atoms with van der Waals surface area (Å²) in [6, 6.07) is 0.0542. The summed E-state index contributed by atoms with van der Waals surface area (Å²) < 4.78 is 10.4. The molecule has 33 heavy (non-hydrogen) atoms. The molecule has 190 valence electrons. The van der Waals surface area contributed by atoms with Crippen LogP contribution < -0.4 is 10.6 Å². The topological polar surface area (TPSA) is 100 Å². The lowest BCUT2D eigenvalue weighted by Crippen LogP contribution is -2.58. The van der Waals surface area contributed by atoms with Gasteiger partial charge in [-0.15, -0.1) is 0 Å². The fourth-order valence-electron chi connectivity index (χ4n) is 6.49. The van der Waals surface area contributed by atoms with E-state index >= 15 is 0 Å². The Morgan fingerprint density at radius 2 is 1.94 bits per heavy atom. The zero-order valence-electron chi connectivity index (χ0n) is 21.0. The predicted molar refractivity (Wildman–Crippen MR) is 127 cm³/mol. The van der Waals surface area contributed by atoms with Gasteiger partial charge in [0.25, 0.3) is 0 Å². The molecule has 0 bridgehead atoms. The maximum Gasteiger partial charge on any atom is 0.223 e. The minimum atomic E-state index is -0.544. The number of morpholine rings is 1. The number of fused-ring (bicyclic) bond motifs is 1. The minimum Gasteiger partial charge on any atom is -0.392 e. The van der Waals surface area contributed by atoms with Crippen LogP contribution in [0.15, 0.2) is 0 Å². The van der Waals surface area contributed by atoms with Gasteiger partial charge in [0.1, 0.15) is 0 Å². The first-order valence-electron chi connectivity index (χ1n) is 12.8. The molecule has 0 spiro atoms. The normalized spacial score (nSPS) is 36.0. The van der Waals surface area contributed by atoms with E-state index in [4.69, 9.17) is 9.47 Å². The molecule has 2 aliphatic carbocycles. The van der Waals surface area contributed by atoms with Crippen LogP contribution in [0, 0.1) is 29.1 Å². The number of nitrogens with zero attached hydrogens (tertiary/aromatic N) is 1. The number of amides is 2. The van der Waals surface area contributed by atoms with Crippen molar-refractivity contribution in [3.63, 3.8) is 0 Å². The molecule has 3 rings (SSSR count). The number of nitrogens with one attached hydrogen (secondary N) is 2. The Kier molecular flexibility index (Phi) is 9.56. The molecule has 3 N–H and O–H groups in total. The van der Waals surface area contributed by atoms with Gasteiger partial charge in [0, 0.05) is 51.7 Å². The fourth-order valence-corrected chi connectivity index (χ4v) is 6.49. The number of carbonyl (C=O) groups is 2. The van der Waals surface area contributed by atoms with Crippen LogP contribution >= 0.6 is 0 Å². The lowest BCUT2D eigenvalue weighted by atomic mass is 9.51. The largest absolute Gasteiger partial charge is 0.392 e. The van der Waals surface area contributed by atoms with Crippen molar-refractivity contribution in [1.29, 1.82) is 0 Å². The third-order valence-corrected chi connectivity index (χ3v) is 8.65. The van der Waals surface area contributed by atoms with E-state index in [0.29, 0.717) is 19.6 Å². The zero-order valence-corrected chi connectivity index (χ0v) is 21.0. The monoisotopic (exact) mass is 467 g/mol. The highest BCUT2D eigenvalue weighted by atomic mass is 16.5. The van der Waals surface area contributed by atoms with Gasteiger partial charge in [0.05, 0.1) is 25.9 Å². The molecule has 0 unspecified atom stereocenters. The number of methoxy groups -OCH3 is 1. The van der Waals surface area contributed by atoms with Gasteiger partial charge in [-0.05, 0) is 48.9 Å². The average Bonchev–Trinajstić information content (AvgIpc) is 2.80. The summed E-state index contributed by atoms with van der Waals surface area (Å²) in [5, 5.41) is 17.8. The molecular formula is C25H45N3O5. The first kappa shape index (κ1) is 26.4. The summed E-state index contributed by atoms with van der Waals surface area (Å²) in [4.78, 5) is 27.5. The molecule has 0 aromatic carbocycles. The van der Waals surface area contributed by atoms with E-state index in [1.165, 1.54) is 0 Å². The van der Waals surface area contributed by atoms with Crippen molar-refractivity contribution < 1.29 is 24.2 Å². The summed E-state index contributed by atoms with van der Waals surface area (Å²) in [7, 11) is 1.60. The summed E-state index contributed by atoms with van der Waals surface area (Å²) in [5.41, 5.74) is 0.0512. The molecule has 8 heteroatoms. The Labute approximate surface area is 199 Å². The second kappa shape index (κ2) is 12.0. The van der Waals surface area contributed by atoms with Crippen LogP contribution in [0.3, 0.4) is 0 Å². The summed E-state index contributed by atoms with van der Waals surface area (Å²) in [6.07, 6.45) is 3.61. The number of hydrogen-bond acceptors (Lipinski definition) is 6. The highest BCUT2D eigenvalue weighted by Crippen LogP contribution is 2.55. The highest BCUT2D eigenvalue weighted by Gasteiger charge is 2.53. The van der Waals surface area contributed by atoms with Crippen molar-refractivity contribution in [3.05, 3.63) is 0 Å². The van der Waals surface area contributed by atoms with Crippen LogP contribution in [-0.4, -0.2) is 87.1 Å². The smallest absolute Gasteiger partial charge is 0.223 e. The van der Waals surface area contributed by atoms with E-state index in [0.717, 1.165) is 58.5 Å². The van der Waals surface area contributed by atoms with Crippen molar-refractivity contribution in [3.8, 4) is 0 Å². The highest BCUT2D eigenvalue weighted by molar-refractivity contribution is 5.78. The lowest BCUT2D eigenvalue weighted by Gasteiger charge is -2.56. The molecule has 3 fully saturated rings. The zero-order chi connectivity index (χ0) is 24.0. The van der Waals surface area contributed by atoms with Gasteiger partial charge in [-0.3, -0.25) is 14.5 Å². The number of ether oxygens (including phenoxy) is 2. The summed E-state index contributed by atoms with van der Waals surface area (Å²) in [5.74, 6) is -0.0307. The van der Waals surface area contributed by atoms with E-state index in [-0.39, 0.29) is 46.9 Å². The van der Waals surface area contributed by atoms with Gasteiger partial charge in [-0.25, -0.2) is 0 Å². The standard InChI is InChI=1S/C25H45N3O5/c1-17(24(31)26-10-11-28-12-15-33-16-13-28)19-5-8-25(3)9-6-20(18(2)22(25)23(19)30)27-21(29)7-14-32-4/h17-20,22-23,30H,5-16H2,1-4H3,(H,26,31)(H,27,29)/t17-,18+,19-,20-,22+,23-,25-/m0/s1. The van der Waals surface area contributed by atoms with Gasteiger partial charge in [0.15, 0.2) is 0 Å². The third-order valence-electron chi connectivity index (χ3n) is 8.65. The first-order valence-corrected chi connectivity index (χ1v) is 12.8. The SMILES string of the molecule is COCCC(=O)N[C@H]1CC[C@]2(C)CC[C@@H]([C@H](C)C(=O)NCCN3CCOCC3)[C@H](O)[C@H]2[C@@H]1C. The second-order valence-corrected chi connectivity index (χ2v) is 10.7. The Morgan fingerprint density at radius 3 is 2.64 bits per heavy atom. The quantitative estimate of drug-likeness (QED) is 0.474. The average molecular weight is 468 g/mol. The molecule has 2 amide bonds. The van der Waals surface area contributed by atoms with E-state index in [9.17, 15) is 14.7 Å². The molecule has 1 saturated heterocycles. The van der Waals surface area contributed by atoms with Crippen molar-refractivity contribution in [1.82, 2.24) is 15.5 Å². The molecule has 0 aromatic rings. The third kappa shape index (κ3) is 6.47. The fraction of sp³-hybridized carbons (Fsp3) is 0.920. The molecule has 0 radical (unpaired) electrons. The Hall–Kier alpha value is -1.22. The second-order valence-electron chi connectivity index (χ2n) is 10.7. The van der Waals surface area contributed by atoms with Crippen LogP contribution in [0.1, 0.15) is 52.9 Å². The summed E-state index contributed by atoms with van der Waals surface area (Å²) >= 11 is 0. The van der Waals surface area contributed by atoms with Crippen LogP contribution in [0.25, 0.3) is 0 Å². The molecule has 7 atom stereocenters. The number of aliphatic hydroxyl groups is 1.